The molecule has 2 aromatic carbocycles. The number of carbonyl (C=O) groups excluding carboxylic acids is 1. The standard InChI is InChI=1S/C20H23ClN2O/c1-15-13-18(21)9-10-19(15)22-20(24)17-7-5-16(6-8-17)14-23-11-3-2-4-12-23/h5-10,13H,2-4,11-12,14H2,1H3,(H,22,24). The molecule has 0 bridgehead atoms. The maximum absolute atomic E-state index is 12.4. The van der Waals surface area contributed by atoms with E-state index in [1.807, 2.05) is 31.2 Å². The van der Waals surface area contributed by atoms with Crippen molar-refractivity contribution in [1.82, 2.24) is 4.90 Å². The molecule has 126 valence electrons. The molecule has 3 rings (SSSR count). The maximum Gasteiger partial charge on any atom is 0.255 e. The summed E-state index contributed by atoms with van der Waals surface area (Å²) in [5.74, 6) is -0.0926. The molecule has 0 unspecified atom stereocenters. The summed E-state index contributed by atoms with van der Waals surface area (Å²) < 4.78 is 0. The van der Waals surface area contributed by atoms with Crippen molar-refractivity contribution in [2.45, 2.75) is 32.7 Å². The molecule has 0 aromatic heterocycles. The van der Waals surface area contributed by atoms with Crippen LogP contribution in [0.4, 0.5) is 5.69 Å². The van der Waals surface area contributed by atoms with E-state index in [1.165, 1.54) is 37.9 Å². The molecule has 1 N–H and O–H groups in total. The fourth-order valence-corrected chi connectivity index (χ4v) is 3.33. The molecule has 1 aliphatic heterocycles. The van der Waals surface area contributed by atoms with Gasteiger partial charge in [-0.15, -0.1) is 0 Å². The number of likely N-dealkylation sites (tertiary alicyclic amines) is 1. The molecule has 2 aromatic rings. The van der Waals surface area contributed by atoms with Gasteiger partial charge in [0.1, 0.15) is 0 Å². The van der Waals surface area contributed by atoms with Gasteiger partial charge < -0.3 is 5.32 Å². The minimum absolute atomic E-state index is 0.0926. The van der Waals surface area contributed by atoms with E-state index in [2.05, 4.69) is 22.3 Å². The van der Waals surface area contributed by atoms with E-state index in [9.17, 15) is 4.79 Å². The molecule has 0 atom stereocenters. The third-order valence-corrected chi connectivity index (χ3v) is 4.74. The first-order valence-electron chi connectivity index (χ1n) is 8.50. The molecule has 0 radical (unpaired) electrons. The van der Waals surface area contributed by atoms with Crippen LogP contribution < -0.4 is 5.32 Å². The molecule has 24 heavy (non-hydrogen) atoms. The van der Waals surface area contributed by atoms with Crippen molar-refractivity contribution in [2.75, 3.05) is 18.4 Å². The molecule has 0 aliphatic carbocycles. The Labute approximate surface area is 148 Å². The van der Waals surface area contributed by atoms with Crippen LogP contribution in [-0.2, 0) is 6.54 Å². The van der Waals surface area contributed by atoms with E-state index < -0.39 is 0 Å². The van der Waals surface area contributed by atoms with Crippen molar-refractivity contribution in [3.8, 4) is 0 Å². The summed E-state index contributed by atoms with van der Waals surface area (Å²) in [6.45, 7) is 5.26. The predicted octanol–water partition coefficient (Wildman–Crippen LogP) is 4.89. The number of nitrogens with zero attached hydrogens (tertiary/aromatic N) is 1. The van der Waals surface area contributed by atoms with Crippen LogP contribution in [0.3, 0.4) is 0 Å². The number of hydrogen-bond donors (Lipinski definition) is 1. The lowest BCUT2D eigenvalue weighted by atomic mass is 10.1. The third-order valence-electron chi connectivity index (χ3n) is 4.51. The molecule has 0 spiro atoms. The Morgan fingerprint density at radius 2 is 1.79 bits per heavy atom. The summed E-state index contributed by atoms with van der Waals surface area (Å²) in [5, 5.41) is 3.62. The topological polar surface area (TPSA) is 32.3 Å². The highest BCUT2D eigenvalue weighted by Gasteiger charge is 2.12. The molecule has 1 aliphatic rings. The number of hydrogen-bond acceptors (Lipinski definition) is 2. The van der Waals surface area contributed by atoms with Crippen molar-refractivity contribution in [2.24, 2.45) is 0 Å². The van der Waals surface area contributed by atoms with Crippen LogP contribution in [0.15, 0.2) is 42.5 Å². The Bertz CT molecular complexity index is 706. The highest BCUT2D eigenvalue weighted by atomic mass is 35.5. The smallest absolute Gasteiger partial charge is 0.255 e. The number of nitrogens with one attached hydrogen (secondary N) is 1. The minimum Gasteiger partial charge on any atom is -0.322 e. The summed E-state index contributed by atoms with van der Waals surface area (Å²) in [4.78, 5) is 14.9. The first-order valence-corrected chi connectivity index (χ1v) is 8.88. The van der Waals surface area contributed by atoms with Crippen LogP contribution >= 0.6 is 11.6 Å². The summed E-state index contributed by atoms with van der Waals surface area (Å²) in [6, 6.07) is 13.4. The predicted molar refractivity (Wildman–Crippen MR) is 99.7 cm³/mol. The van der Waals surface area contributed by atoms with E-state index in [4.69, 9.17) is 11.6 Å². The number of anilines is 1. The van der Waals surface area contributed by atoms with Gasteiger partial charge in [0, 0.05) is 22.8 Å². The third kappa shape index (κ3) is 4.37. The summed E-state index contributed by atoms with van der Waals surface area (Å²) in [7, 11) is 0. The van der Waals surface area contributed by atoms with Crippen molar-refractivity contribution < 1.29 is 4.79 Å². The first kappa shape index (κ1) is 17.0. The highest BCUT2D eigenvalue weighted by Crippen LogP contribution is 2.20. The normalized spacial score (nSPS) is 15.2. The number of carbonyl (C=O) groups is 1. The van der Waals surface area contributed by atoms with Crippen molar-refractivity contribution >= 4 is 23.2 Å². The van der Waals surface area contributed by atoms with E-state index >= 15 is 0 Å². The van der Waals surface area contributed by atoms with Gasteiger partial charge in [-0.05, 0) is 74.3 Å². The second-order valence-electron chi connectivity index (χ2n) is 6.45. The van der Waals surface area contributed by atoms with Gasteiger partial charge >= 0.3 is 0 Å². The molecule has 0 saturated carbocycles. The number of rotatable bonds is 4. The zero-order valence-electron chi connectivity index (χ0n) is 14.0. The second-order valence-corrected chi connectivity index (χ2v) is 6.88. The van der Waals surface area contributed by atoms with Gasteiger partial charge in [0.05, 0.1) is 0 Å². The van der Waals surface area contributed by atoms with Crippen LogP contribution in [0.1, 0.15) is 40.7 Å². The molecule has 1 saturated heterocycles. The van der Waals surface area contributed by atoms with Crippen LogP contribution in [0, 0.1) is 6.92 Å². The fourth-order valence-electron chi connectivity index (χ4n) is 3.10. The molecule has 3 nitrogen and oxygen atoms in total. The number of benzene rings is 2. The van der Waals surface area contributed by atoms with Gasteiger partial charge in [0.2, 0.25) is 0 Å². The van der Waals surface area contributed by atoms with E-state index in [1.54, 1.807) is 6.07 Å². The van der Waals surface area contributed by atoms with Crippen molar-refractivity contribution in [1.29, 1.82) is 0 Å². The average molecular weight is 343 g/mol. The summed E-state index contributed by atoms with van der Waals surface area (Å²) in [6.07, 6.45) is 3.93. The second kappa shape index (κ2) is 7.82. The van der Waals surface area contributed by atoms with E-state index in [-0.39, 0.29) is 5.91 Å². The quantitative estimate of drug-likeness (QED) is 0.858. The largest absolute Gasteiger partial charge is 0.322 e. The Morgan fingerprint density at radius 1 is 1.08 bits per heavy atom. The van der Waals surface area contributed by atoms with Crippen LogP contribution in [0.2, 0.25) is 5.02 Å². The van der Waals surface area contributed by atoms with Crippen molar-refractivity contribution in [3.63, 3.8) is 0 Å². The molecule has 1 fully saturated rings. The molecule has 4 heteroatoms. The molecule has 1 amide bonds. The van der Waals surface area contributed by atoms with E-state index in [0.717, 1.165) is 17.8 Å². The Hall–Kier alpha value is -1.84. The van der Waals surface area contributed by atoms with Crippen LogP contribution in [0.5, 0.6) is 0 Å². The van der Waals surface area contributed by atoms with Crippen LogP contribution in [-0.4, -0.2) is 23.9 Å². The summed E-state index contributed by atoms with van der Waals surface area (Å²) >= 11 is 5.95. The van der Waals surface area contributed by atoms with Gasteiger partial charge in [0.15, 0.2) is 0 Å². The lowest BCUT2D eigenvalue weighted by Crippen LogP contribution is -2.29. The highest BCUT2D eigenvalue weighted by molar-refractivity contribution is 6.30. The molecular formula is C20H23ClN2O. The number of piperidine rings is 1. The monoisotopic (exact) mass is 342 g/mol. The zero-order chi connectivity index (χ0) is 16.9. The number of amides is 1. The van der Waals surface area contributed by atoms with Crippen molar-refractivity contribution in [3.05, 3.63) is 64.2 Å². The van der Waals surface area contributed by atoms with Gasteiger partial charge in [-0.3, -0.25) is 9.69 Å². The number of aryl methyl sites for hydroxylation is 1. The zero-order valence-corrected chi connectivity index (χ0v) is 14.8. The van der Waals surface area contributed by atoms with E-state index in [0.29, 0.717) is 10.6 Å². The Morgan fingerprint density at radius 3 is 2.46 bits per heavy atom. The van der Waals surface area contributed by atoms with Crippen LogP contribution in [0.25, 0.3) is 0 Å². The SMILES string of the molecule is Cc1cc(Cl)ccc1NC(=O)c1ccc(CN2CCCCC2)cc1. The Kier molecular flexibility index (Phi) is 5.54. The fraction of sp³-hybridized carbons (Fsp3) is 0.350. The van der Waals surface area contributed by atoms with Gasteiger partial charge in [-0.25, -0.2) is 0 Å². The van der Waals surface area contributed by atoms with Gasteiger partial charge in [-0.1, -0.05) is 30.2 Å². The Balaban J connectivity index is 1.62. The number of halogens is 1. The lowest BCUT2D eigenvalue weighted by Gasteiger charge is -2.26. The first-order chi connectivity index (χ1) is 11.6. The van der Waals surface area contributed by atoms with Gasteiger partial charge in [-0.2, -0.15) is 0 Å². The van der Waals surface area contributed by atoms with Gasteiger partial charge in [0.25, 0.3) is 5.91 Å². The maximum atomic E-state index is 12.4. The minimum atomic E-state index is -0.0926. The average Bonchev–Trinajstić information content (AvgIpc) is 2.59. The summed E-state index contributed by atoms with van der Waals surface area (Å²) in [5.41, 5.74) is 3.68. The lowest BCUT2D eigenvalue weighted by molar-refractivity contribution is 0.102. The molecule has 1 heterocycles. The molecular weight excluding hydrogens is 320 g/mol.